The van der Waals surface area contributed by atoms with Gasteiger partial charge in [-0.15, -0.1) is 0 Å². The first-order valence-electron chi connectivity index (χ1n) is 7.74. The molecule has 114 valence electrons. The first-order valence-corrected chi connectivity index (χ1v) is 8.12. The Morgan fingerprint density at radius 1 is 1.24 bits per heavy atom. The number of nitrogens with zero attached hydrogens (tertiary/aromatic N) is 2. The average Bonchev–Trinajstić information content (AvgIpc) is 2.55. The van der Waals surface area contributed by atoms with Crippen LogP contribution in [0.4, 0.5) is 5.69 Å². The number of piperazine rings is 1. The number of amides is 1. The number of nitrogens with one attached hydrogen (secondary N) is 1. The number of carbonyl (C=O) groups is 1. The third-order valence-corrected chi connectivity index (χ3v) is 4.65. The van der Waals surface area contributed by atoms with Crippen LogP contribution in [-0.2, 0) is 4.79 Å². The SMILES string of the molecule is O=C(C1CCCNC1)N1CCN(c2cccc(Cl)c2)CC1. The number of benzene rings is 1. The Hall–Kier alpha value is -1.26. The second-order valence-electron chi connectivity index (χ2n) is 5.84. The predicted molar refractivity (Wildman–Crippen MR) is 85.8 cm³/mol. The van der Waals surface area contributed by atoms with Crippen LogP contribution in [0.5, 0.6) is 0 Å². The Kier molecular flexibility index (Phi) is 4.66. The molecule has 1 aromatic rings. The van der Waals surface area contributed by atoms with Crippen molar-refractivity contribution in [2.24, 2.45) is 5.92 Å². The standard InChI is InChI=1S/C16H22ClN3O/c17-14-4-1-5-15(11-14)19-7-9-20(10-8-19)16(21)13-3-2-6-18-12-13/h1,4-5,11,13,18H,2-3,6-10,12H2. The van der Waals surface area contributed by atoms with Crippen molar-refractivity contribution in [3.05, 3.63) is 29.3 Å². The van der Waals surface area contributed by atoms with Gasteiger partial charge in [-0.3, -0.25) is 4.79 Å². The van der Waals surface area contributed by atoms with Crippen LogP contribution in [0.2, 0.25) is 5.02 Å². The van der Waals surface area contributed by atoms with E-state index in [-0.39, 0.29) is 5.92 Å². The van der Waals surface area contributed by atoms with E-state index < -0.39 is 0 Å². The van der Waals surface area contributed by atoms with E-state index in [2.05, 4.69) is 16.3 Å². The van der Waals surface area contributed by atoms with Crippen molar-refractivity contribution >= 4 is 23.2 Å². The highest BCUT2D eigenvalue weighted by atomic mass is 35.5. The minimum atomic E-state index is 0.177. The molecule has 1 atom stereocenters. The molecule has 1 N–H and O–H groups in total. The molecule has 1 unspecified atom stereocenters. The molecule has 3 rings (SSSR count). The summed E-state index contributed by atoms with van der Waals surface area (Å²) in [6.07, 6.45) is 2.14. The Bertz CT molecular complexity index is 494. The molecule has 1 amide bonds. The van der Waals surface area contributed by atoms with Gasteiger partial charge in [-0.05, 0) is 37.6 Å². The van der Waals surface area contributed by atoms with Crippen LogP contribution in [0.3, 0.4) is 0 Å². The molecule has 0 aliphatic carbocycles. The Labute approximate surface area is 131 Å². The lowest BCUT2D eigenvalue weighted by atomic mass is 9.98. The van der Waals surface area contributed by atoms with Gasteiger partial charge in [0.05, 0.1) is 5.92 Å². The number of anilines is 1. The first kappa shape index (κ1) is 14.7. The molecule has 0 saturated carbocycles. The lowest BCUT2D eigenvalue weighted by molar-refractivity contribution is -0.136. The van der Waals surface area contributed by atoms with Crippen molar-refractivity contribution in [2.75, 3.05) is 44.2 Å². The number of carbonyl (C=O) groups excluding carboxylic acids is 1. The van der Waals surface area contributed by atoms with Crippen molar-refractivity contribution < 1.29 is 4.79 Å². The maximum Gasteiger partial charge on any atom is 0.227 e. The van der Waals surface area contributed by atoms with Crippen LogP contribution < -0.4 is 10.2 Å². The van der Waals surface area contributed by atoms with E-state index in [1.807, 2.05) is 23.1 Å². The minimum Gasteiger partial charge on any atom is -0.368 e. The van der Waals surface area contributed by atoms with Crippen molar-refractivity contribution in [1.29, 1.82) is 0 Å². The fraction of sp³-hybridized carbons (Fsp3) is 0.562. The van der Waals surface area contributed by atoms with E-state index in [1.54, 1.807) is 0 Å². The van der Waals surface area contributed by atoms with Gasteiger partial charge >= 0.3 is 0 Å². The molecule has 2 heterocycles. The summed E-state index contributed by atoms with van der Waals surface area (Å²) in [5.41, 5.74) is 1.15. The molecule has 2 saturated heterocycles. The van der Waals surface area contributed by atoms with E-state index in [0.29, 0.717) is 5.91 Å². The highest BCUT2D eigenvalue weighted by Crippen LogP contribution is 2.22. The molecule has 21 heavy (non-hydrogen) atoms. The molecule has 4 nitrogen and oxygen atoms in total. The van der Waals surface area contributed by atoms with Crippen LogP contribution in [0.25, 0.3) is 0 Å². The van der Waals surface area contributed by atoms with Gasteiger partial charge < -0.3 is 15.1 Å². The highest BCUT2D eigenvalue weighted by Gasteiger charge is 2.28. The number of piperidine rings is 1. The summed E-state index contributed by atoms with van der Waals surface area (Å²) in [6.45, 7) is 5.27. The zero-order chi connectivity index (χ0) is 14.7. The van der Waals surface area contributed by atoms with Gasteiger partial charge in [0.2, 0.25) is 5.91 Å². The molecule has 2 aliphatic heterocycles. The zero-order valence-corrected chi connectivity index (χ0v) is 13.0. The second kappa shape index (κ2) is 6.67. The van der Waals surface area contributed by atoms with Crippen molar-refractivity contribution in [3.63, 3.8) is 0 Å². The molecule has 2 aliphatic rings. The maximum absolute atomic E-state index is 12.5. The molecule has 1 aromatic carbocycles. The normalized spacial score (nSPS) is 23.2. The van der Waals surface area contributed by atoms with Crippen LogP contribution in [0.15, 0.2) is 24.3 Å². The highest BCUT2D eigenvalue weighted by molar-refractivity contribution is 6.30. The van der Waals surface area contributed by atoms with Crippen molar-refractivity contribution in [1.82, 2.24) is 10.2 Å². The average molecular weight is 308 g/mol. The molecular formula is C16H22ClN3O. The molecule has 0 bridgehead atoms. The van der Waals surface area contributed by atoms with E-state index in [1.165, 1.54) is 0 Å². The monoisotopic (exact) mass is 307 g/mol. The Balaban J connectivity index is 1.56. The summed E-state index contributed by atoms with van der Waals surface area (Å²) in [6, 6.07) is 7.93. The molecule has 2 fully saturated rings. The molecule has 0 radical (unpaired) electrons. The fourth-order valence-electron chi connectivity index (χ4n) is 3.18. The lowest BCUT2D eigenvalue weighted by Gasteiger charge is -2.38. The summed E-state index contributed by atoms with van der Waals surface area (Å²) >= 11 is 6.05. The van der Waals surface area contributed by atoms with Gasteiger partial charge in [0.25, 0.3) is 0 Å². The second-order valence-corrected chi connectivity index (χ2v) is 6.27. The Morgan fingerprint density at radius 2 is 2.05 bits per heavy atom. The summed E-state index contributed by atoms with van der Waals surface area (Å²) in [5.74, 6) is 0.504. The van der Waals surface area contributed by atoms with Gasteiger partial charge in [0.1, 0.15) is 0 Å². The van der Waals surface area contributed by atoms with Crippen LogP contribution in [0, 0.1) is 5.92 Å². The number of hydrogen-bond acceptors (Lipinski definition) is 3. The van der Waals surface area contributed by atoms with Gasteiger partial charge in [-0.25, -0.2) is 0 Å². The van der Waals surface area contributed by atoms with E-state index in [4.69, 9.17) is 11.6 Å². The topological polar surface area (TPSA) is 35.6 Å². The van der Waals surface area contributed by atoms with Crippen molar-refractivity contribution in [3.8, 4) is 0 Å². The van der Waals surface area contributed by atoms with Crippen molar-refractivity contribution in [2.45, 2.75) is 12.8 Å². The van der Waals surface area contributed by atoms with E-state index in [0.717, 1.165) is 62.8 Å². The smallest absolute Gasteiger partial charge is 0.227 e. The van der Waals surface area contributed by atoms with Crippen LogP contribution in [-0.4, -0.2) is 50.1 Å². The van der Waals surface area contributed by atoms with Gasteiger partial charge in [-0.2, -0.15) is 0 Å². The number of rotatable bonds is 2. The molecule has 0 spiro atoms. The summed E-state index contributed by atoms with van der Waals surface area (Å²) in [5, 5.41) is 4.09. The summed E-state index contributed by atoms with van der Waals surface area (Å²) in [7, 11) is 0. The maximum atomic E-state index is 12.5. The molecule has 0 aromatic heterocycles. The number of halogens is 1. The molecule has 5 heteroatoms. The molecular weight excluding hydrogens is 286 g/mol. The van der Waals surface area contributed by atoms with Crippen LogP contribution in [0.1, 0.15) is 12.8 Å². The zero-order valence-electron chi connectivity index (χ0n) is 12.2. The minimum absolute atomic E-state index is 0.177. The van der Waals surface area contributed by atoms with E-state index >= 15 is 0 Å². The first-order chi connectivity index (χ1) is 10.2. The largest absolute Gasteiger partial charge is 0.368 e. The van der Waals surface area contributed by atoms with E-state index in [9.17, 15) is 4.79 Å². The van der Waals surface area contributed by atoms with Crippen LogP contribution >= 0.6 is 11.6 Å². The number of hydrogen-bond donors (Lipinski definition) is 1. The van der Waals surface area contributed by atoms with Gasteiger partial charge in [0, 0.05) is 43.4 Å². The van der Waals surface area contributed by atoms with Gasteiger partial charge in [-0.1, -0.05) is 17.7 Å². The fourth-order valence-corrected chi connectivity index (χ4v) is 3.36. The predicted octanol–water partition coefficient (Wildman–Crippen LogP) is 1.99. The third kappa shape index (κ3) is 3.50. The lowest BCUT2D eigenvalue weighted by Crippen LogP contribution is -2.52. The van der Waals surface area contributed by atoms with Gasteiger partial charge in [0.15, 0.2) is 0 Å². The quantitative estimate of drug-likeness (QED) is 0.907. The Morgan fingerprint density at radius 3 is 2.71 bits per heavy atom. The summed E-state index contributed by atoms with van der Waals surface area (Å²) < 4.78 is 0. The summed E-state index contributed by atoms with van der Waals surface area (Å²) in [4.78, 5) is 16.8. The third-order valence-electron chi connectivity index (χ3n) is 4.41.